The van der Waals surface area contributed by atoms with Crippen LogP contribution >= 0.6 is 0 Å². The molecule has 110 valence electrons. The Balaban J connectivity index is 2.14. The topological polar surface area (TPSA) is 110 Å². The molecule has 7 heteroatoms. The van der Waals surface area contributed by atoms with E-state index in [1.54, 1.807) is 0 Å². The molecule has 5 N–H and O–H groups in total. The first-order chi connectivity index (χ1) is 9.60. The van der Waals surface area contributed by atoms with Gasteiger partial charge in [-0.05, 0) is 19.3 Å². The minimum absolute atomic E-state index is 0.119. The van der Waals surface area contributed by atoms with Crippen LogP contribution in [0.1, 0.15) is 26.2 Å². The second kappa shape index (κ2) is 6.40. The number of anilines is 3. The summed E-state index contributed by atoms with van der Waals surface area (Å²) in [6, 6.07) is 1.87. The third-order valence-corrected chi connectivity index (χ3v) is 3.43. The molecule has 1 saturated heterocycles. The van der Waals surface area contributed by atoms with Crippen LogP contribution in [0, 0.1) is 5.92 Å². The molecular formula is C13H22N6O. The zero-order chi connectivity index (χ0) is 14.5. The standard InChI is InChI=1S/C13H22N6O/c1-2-5-16-10-7-11(18-13(15)17-10)19-6-3-4-9(8-19)12(14)20/h7,9H,2-6,8H2,1H3,(H2,14,20)(H3,15,16,17,18). The summed E-state index contributed by atoms with van der Waals surface area (Å²) < 4.78 is 0. The molecule has 1 aliphatic heterocycles. The highest BCUT2D eigenvalue weighted by Gasteiger charge is 2.25. The van der Waals surface area contributed by atoms with Crippen LogP contribution in [0.3, 0.4) is 0 Å². The number of hydrogen-bond donors (Lipinski definition) is 3. The lowest BCUT2D eigenvalue weighted by Gasteiger charge is -2.32. The number of nitrogens with two attached hydrogens (primary N) is 2. The van der Waals surface area contributed by atoms with Gasteiger partial charge in [0, 0.05) is 25.7 Å². The van der Waals surface area contributed by atoms with Gasteiger partial charge in [-0.3, -0.25) is 4.79 Å². The van der Waals surface area contributed by atoms with Crippen LogP contribution in [-0.4, -0.2) is 35.5 Å². The Morgan fingerprint density at radius 3 is 3.05 bits per heavy atom. The Bertz CT molecular complexity index is 478. The number of nitrogens with zero attached hydrogens (tertiary/aromatic N) is 3. The van der Waals surface area contributed by atoms with Gasteiger partial charge in [0.15, 0.2) is 0 Å². The van der Waals surface area contributed by atoms with Gasteiger partial charge in [0.1, 0.15) is 11.6 Å². The first-order valence-corrected chi connectivity index (χ1v) is 7.03. The highest BCUT2D eigenvalue weighted by atomic mass is 16.1. The van der Waals surface area contributed by atoms with E-state index < -0.39 is 0 Å². The van der Waals surface area contributed by atoms with Crippen molar-refractivity contribution in [1.82, 2.24) is 9.97 Å². The predicted octanol–water partition coefficient (Wildman–Crippen LogP) is 0.582. The Hall–Kier alpha value is -2.05. The summed E-state index contributed by atoms with van der Waals surface area (Å²) >= 11 is 0. The van der Waals surface area contributed by atoms with Gasteiger partial charge in [0.05, 0.1) is 5.92 Å². The zero-order valence-electron chi connectivity index (χ0n) is 11.8. The molecule has 0 aromatic carbocycles. The number of piperidine rings is 1. The van der Waals surface area contributed by atoms with E-state index in [9.17, 15) is 4.79 Å². The molecule has 1 aromatic rings. The van der Waals surface area contributed by atoms with Crippen molar-refractivity contribution < 1.29 is 4.79 Å². The van der Waals surface area contributed by atoms with Crippen molar-refractivity contribution in [3.05, 3.63) is 6.07 Å². The van der Waals surface area contributed by atoms with E-state index in [1.807, 2.05) is 11.0 Å². The molecule has 0 aliphatic carbocycles. The number of nitrogen functional groups attached to an aromatic ring is 1. The van der Waals surface area contributed by atoms with Gasteiger partial charge in [-0.15, -0.1) is 0 Å². The van der Waals surface area contributed by atoms with Crippen LogP contribution in [0.2, 0.25) is 0 Å². The summed E-state index contributed by atoms with van der Waals surface area (Å²) in [4.78, 5) is 21.8. The van der Waals surface area contributed by atoms with Crippen molar-refractivity contribution >= 4 is 23.5 Å². The molecule has 1 amide bonds. The summed E-state index contributed by atoms with van der Waals surface area (Å²) in [7, 11) is 0. The molecule has 0 radical (unpaired) electrons. The highest BCUT2D eigenvalue weighted by Crippen LogP contribution is 2.23. The van der Waals surface area contributed by atoms with Crippen molar-refractivity contribution in [2.24, 2.45) is 11.7 Å². The summed E-state index contributed by atoms with van der Waals surface area (Å²) in [5.74, 6) is 1.34. The van der Waals surface area contributed by atoms with Gasteiger partial charge < -0.3 is 21.7 Å². The maximum absolute atomic E-state index is 11.3. The van der Waals surface area contributed by atoms with E-state index in [0.717, 1.165) is 44.0 Å². The summed E-state index contributed by atoms with van der Waals surface area (Å²) in [6.45, 7) is 4.37. The molecule has 1 unspecified atom stereocenters. The Morgan fingerprint density at radius 1 is 1.55 bits per heavy atom. The van der Waals surface area contributed by atoms with E-state index in [-0.39, 0.29) is 17.8 Å². The van der Waals surface area contributed by atoms with E-state index >= 15 is 0 Å². The quantitative estimate of drug-likeness (QED) is 0.726. The van der Waals surface area contributed by atoms with Crippen molar-refractivity contribution in [3.63, 3.8) is 0 Å². The number of carbonyl (C=O) groups is 1. The molecule has 1 aliphatic rings. The predicted molar refractivity (Wildman–Crippen MR) is 79.4 cm³/mol. The molecule has 2 heterocycles. The average molecular weight is 278 g/mol. The average Bonchev–Trinajstić information content (AvgIpc) is 2.44. The first kappa shape index (κ1) is 14.4. The molecule has 2 rings (SSSR count). The van der Waals surface area contributed by atoms with Crippen LogP contribution < -0.4 is 21.7 Å². The molecule has 0 saturated carbocycles. The SMILES string of the molecule is CCCNc1cc(N2CCCC(C(N)=O)C2)nc(N)n1. The maximum Gasteiger partial charge on any atom is 0.223 e. The third kappa shape index (κ3) is 3.49. The van der Waals surface area contributed by atoms with Crippen molar-refractivity contribution in [3.8, 4) is 0 Å². The second-order valence-electron chi connectivity index (χ2n) is 5.08. The number of hydrogen-bond acceptors (Lipinski definition) is 6. The lowest BCUT2D eigenvalue weighted by molar-refractivity contribution is -0.122. The minimum Gasteiger partial charge on any atom is -0.370 e. The van der Waals surface area contributed by atoms with E-state index in [0.29, 0.717) is 6.54 Å². The fourth-order valence-corrected chi connectivity index (χ4v) is 2.38. The van der Waals surface area contributed by atoms with Gasteiger partial charge in [-0.25, -0.2) is 0 Å². The summed E-state index contributed by atoms with van der Waals surface area (Å²) in [6.07, 6.45) is 2.77. The van der Waals surface area contributed by atoms with Crippen LogP contribution in [0.5, 0.6) is 0 Å². The van der Waals surface area contributed by atoms with Crippen LogP contribution in [0.4, 0.5) is 17.6 Å². The molecule has 7 nitrogen and oxygen atoms in total. The minimum atomic E-state index is -0.249. The Kier molecular flexibility index (Phi) is 4.60. The molecule has 20 heavy (non-hydrogen) atoms. The third-order valence-electron chi connectivity index (χ3n) is 3.43. The van der Waals surface area contributed by atoms with E-state index in [1.165, 1.54) is 0 Å². The molecular weight excluding hydrogens is 256 g/mol. The van der Waals surface area contributed by atoms with Crippen LogP contribution in [0.15, 0.2) is 6.07 Å². The Morgan fingerprint density at radius 2 is 2.35 bits per heavy atom. The highest BCUT2D eigenvalue weighted by molar-refractivity contribution is 5.77. The first-order valence-electron chi connectivity index (χ1n) is 7.03. The maximum atomic E-state index is 11.3. The van der Waals surface area contributed by atoms with Gasteiger partial charge in [0.2, 0.25) is 11.9 Å². The largest absolute Gasteiger partial charge is 0.370 e. The normalized spacial score (nSPS) is 18.9. The second-order valence-corrected chi connectivity index (χ2v) is 5.08. The van der Waals surface area contributed by atoms with E-state index in [4.69, 9.17) is 11.5 Å². The smallest absolute Gasteiger partial charge is 0.223 e. The zero-order valence-corrected chi connectivity index (χ0v) is 11.8. The molecule has 1 aromatic heterocycles. The molecule has 1 atom stereocenters. The molecule has 1 fully saturated rings. The van der Waals surface area contributed by atoms with Crippen molar-refractivity contribution in [2.45, 2.75) is 26.2 Å². The lowest BCUT2D eigenvalue weighted by atomic mass is 9.97. The summed E-state index contributed by atoms with van der Waals surface area (Å²) in [5.41, 5.74) is 11.1. The fourth-order valence-electron chi connectivity index (χ4n) is 2.38. The van der Waals surface area contributed by atoms with Gasteiger partial charge in [0.25, 0.3) is 0 Å². The Labute approximate surface area is 118 Å². The van der Waals surface area contributed by atoms with Gasteiger partial charge >= 0.3 is 0 Å². The number of aromatic nitrogens is 2. The molecule has 0 spiro atoms. The van der Waals surface area contributed by atoms with Crippen molar-refractivity contribution in [1.29, 1.82) is 0 Å². The van der Waals surface area contributed by atoms with E-state index in [2.05, 4.69) is 22.2 Å². The monoisotopic (exact) mass is 278 g/mol. The number of amides is 1. The number of primary amides is 1. The summed E-state index contributed by atoms with van der Waals surface area (Å²) in [5, 5.41) is 3.20. The van der Waals surface area contributed by atoms with Gasteiger partial charge in [-0.2, -0.15) is 9.97 Å². The number of rotatable bonds is 5. The fraction of sp³-hybridized carbons (Fsp3) is 0.615. The lowest BCUT2D eigenvalue weighted by Crippen LogP contribution is -2.41. The molecule has 0 bridgehead atoms. The van der Waals surface area contributed by atoms with Crippen LogP contribution in [-0.2, 0) is 4.79 Å². The van der Waals surface area contributed by atoms with Gasteiger partial charge in [-0.1, -0.05) is 6.92 Å². The number of carbonyl (C=O) groups excluding carboxylic acids is 1. The van der Waals surface area contributed by atoms with Crippen LogP contribution in [0.25, 0.3) is 0 Å². The van der Waals surface area contributed by atoms with Crippen molar-refractivity contribution in [2.75, 3.05) is 35.6 Å². The number of nitrogens with one attached hydrogen (secondary N) is 1.